The number of carbonyl (C=O) groups excluding carboxylic acids is 2. The zero-order valence-electron chi connectivity index (χ0n) is 18.2. The molecule has 2 aromatic carbocycles. The number of ether oxygens (including phenoxy) is 1. The molecule has 1 unspecified atom stereocenters. The van der Waals surface area contributed by atoms with Crippen LogP contribution in [0.25, 0.3) is 0 Å². The van der Waals surface area contributed by atoms with Gasteiger partial charge in [0.2, 0.25) is 5.78 Å². The SMILES string of the molecule is Cc1ccc(N2C(=O)C(O)=C(C(=O)c3ccco3)C2c2ccc(OCC(C)C)cc2)cc1. The Hall–Kier alpha value is -3.80. The zero-order valence-corrected chi connectivity index (χ0v) is 18.2. The van der Waals surface area contributed by atoms with E-state index in [4.69, 9.17) is 9.15 Å². The lowest BCUT2D eigenvalue weighted by Crippen LogP contribution is -2.31. The summed E-state index contributed by atoms with van der Waals surface area (Å²) in [6.07, 6.45) is 1.38. The summed E-state index contributed by atoms with van der Waals surface area (Å²) in [6.45, 7) is 6.67. The van der Waals surface area contributed by atoms with Gasteiger partial charge in [0.15, 0.2) is 11.5 Å². The van der Waals surface area contributed by atoms with Crippen molar-refractivity contribution < 1.29 is 23.8 Å². The number of hydrogen-bond acceptors (Lipinski definition) is 5. The van der Waals surface area contributed by atoms with Gasteiger partial charge in [-0.2, -0.15) is 0 Å². The van der Waals surface area contributed by atoms with Gasteiger partial charge in [0.25, 0.3) is 5.91 Å². The molecule has 2 heterocycles. The molecular formula is C26H25NO5. The van der Waals surface area contributed by atoms with Crippen LogP contribution in [-0.4, -0.2) is 23.4 Å². The molecule has 32 heavy (non-hydrogen) atoms. The van der Waals surface area contributed by atoms with Gasteiger partial charge in [-0.05, 0) is 54.8 Å². The molecule has 1 N–H and O–H groups in total. The van der Waals surface area contributed by atoms with Crippen molar-refractivity contribution in [3.8, 4) is 5.75 Å². The lowest BCUT2D eigenvalue weighted by Gasteiger charge is -2.27. The molecule has 6 heteroatoms. The molecule has 1 atom stereocenters. The van der Waals surface area contributed by atoms with Crippen LogP contribution in [0.4, 0.5) is 5.69 Å². The Balaban J connectivity index is 1.77. The Morgan fingerprint density at radius 1 is 1.09 bits per heavy atom. The maximum atomic E-state index is 13.2. The third-order valence-corrected chi connectivity index (χ3v) is 5.29. The minimum absolute atomic E-state index is 0.0126. The fourth-order valence-corrected chi connectivity index (χ4v) is 3.67. The van der Waals surface area contributed by atoms with Crippen molar-refractivity contribution >= 4 is 17.4 Å². The lowest BCUT2D eigenvalue weighted by atomic mass is 9.94. The van der Waals surface area contributed by atoms with E-state index in [2.05, 4.69) is 13.8 Å². The summed E-state index contributed by atoms with van der Waals surface area (Å²) in [5.41, 5.74) is 2.28. The normalized spacial score (nSPS) is 16.2. The van der Waals surface area contributed by atoms with Gasteiger partial charge in [-0.1, -0.05) is 43.7 Å². The van der Waals surface area contributed by atoms with Crippen LogP contribution in [0.5, 0.6) is 5.75 Å². The van der Waals surface area contributed by atoms with Crippen molar-refractivity contribution in [2.24, 2.45) is 5.92 Å². The van der Waals surface area contributed by atoms with Crippen LogP contribution < -0.4 is 9.64 Å². The average Bonchev–Trinajstić information content (AvgIpc) is 3.41. The predicted molar refractivity (Wildman–Crippen MR) is 121 cm³/mol. The summed E-state index contributed by atoms with van der Waals surface area (Å²) in [7, 11) is 0. The van der Waals surface area contributed by atoms with Crippen molar-refractivity contribution in [1.82, 2.24) is 0 Å². The smallest absolute Gasteiger partial charge is 0.294 e. The fourth-order valence-electron chi connectivity index (χ4n) is 3.67. The van der Waals surface area contributed by atoms with Crippen molar-refractivity contribution in [2.45, 2.75) is 26.8 Å². The number of aliphatic hydroxyl groups is 1. The second-order valence-corrected chi connectivity index (χ2v) is 8.26. The first kappa shape index (κ1) is 21.4. The van der Waals surface area contributed by atoms with Crippen LogP contribution in [0, 0.1) is 12.8 Å². The fraction of sp³-hybridized carbons (Fsp3) is 0.231. The number of benzene rings is 2. The third-order valence-electron chi connectivity index (χ3n) is 5.29. The summed E-state index contributed by atoms with van der Waals surface area (Å²) in [6, 6.07) is 16.9. The molecule has 1 amide bonds. The summed E-state index contributed by atoms with van der Waals surface area (Å²) >= 11 is 0. The molecular weight excluding hydrogens is 406 g/mol. The first-order valence-corrected chi connectivity index (χ1v) is 10.5. The maximum Gasteiger partial charge on any atom is 0.294 e. The minimum atomic E-state index is -0.804. The van der Waals surface area contributed by atoms with Crippen molar-refractivity contribution in [3.05, 3.63) is 95.1 Å². The molecule has 0 bridgehead atoms. The second-order valence-electron chi connectivity index (χ2n) is 8.26. The molecule has 0 saturated heterocycles. The van der Waals surface area contributed by atoms with Gasteiger partial charge in [-0.3, -0.25) is 14.5 Å². The predicted octanol–water partition coefficient (Wildman–Crippen LogP) is 5.41. The quantitative estimate of drug-likeness (QED) is 0.506. The van der Waals surface area contributed by atoms with Gasteiger partial charge in [0.05, 0.1) is 24.5 Å². The largest absolute Gasteiger partial charge is 0.503 e. The maximum absolute atomic E-state index is 13.2. The number of Topliss-reactive ketones (excluding diaryl/α,β-unsaturated/α-hetero) is 1. The van der Waals surface area contributed by atoms with Crippen LogP contribution in [0.3, 0.4) is 0 Å². The summed E-state index contributed by atoms with van der Waals surface area (Å²) < 4.78 is 11.0. The number of amides is 1. The number of hydrogen-bond donors (Lipinski definition) is 1. The minimum Gasteiger partial charge on any atom is -0.503 e. The molecule has 0 fully saturated rings. The summed E-state index contributed by atoms with van der Waals surface area (Å²) in [5.74, 6) is -0.587. The van der Waals surface area contributed by atoms with E-state index in [1.165, 1.54) is 17.2 Å². The van der Waals surface area contributed by atoms with E-state index in [-0.39, 0.29) is 11.3 Å². The van der Waals surface area contributed by atoms with E-state index in [0.29, 0.717) is 29.5 Å². The number of nitrogens with zero attached hydrogens (tertiary/aromatic N) is 1. The zero-order chi connectivity index (χ0) is 22.8. The van der Waals surface area contributed by atoms with Gasteiger partial charge in [0.1, 0.15) is 5.75 Å². The Morgan fingerprint density at radius 3 is 2.38 bits per heavy atom. The molecule has 3 aromatic rings. The van der Waals surface area contributed by atoms with Crippen LogP contribution >= 0.6 is 0 Å². The van der Waals surface area contributed by atoms with E-state index in [0.717, 1.165) is 5.56 Å². The number of ketones is 1. The van der Waals surface area contributed by atoms with Crippen LogP contribution in [-0.2, 0) is 4.79 Å². The van der Waals surface area contributed by atoms with E-state index in [1.54, 1.807) is 30.3 Å². The third kappa shape index (κ3) is 4.04. The number of aryl methyl sites for hydroxylation is 1. The van der Waals surface area contributed by atoms with E-state index >= 15 is 0 Å². The molecule has 0 saturated carbocycles. The highest BCUT2D eigenvalue weighted by Crippen LogP contribution is 2.42. The van der Waals surface area contributed by atoms with E-state index < -0.39 is 23.5 Å². The monoisotopic (exact) mass is 431 g/mol. The molecule has 0 radical (unpaired) electrons. The summed E-state index contributed by atoms with van der Waals surface area (Å²) in [4.78, 5) is 27.8. The lowest BCUT2D eigenvalue weighted by molar-refractivity contribution is -0.117. The van der Waals surface area contributed by atoms with Gasteiger partial charge in [-0.25, -0.2) is 0 Å². The second kappa shape index (κ2) is 8.75. The molecule has 164 valence electrons. The number of carbonyl (C=O) groups is 2. The molecule has 4 rings (SSSR count). The highest BCUT2D eigenvalue weighted by molar-refractivity contribution is 6.20. The Bertz CT molecular complexity index is 1140. The topological polar surface area (TPSA) is 80.0 Å². The molecule has 0 aliphatic carbocycles. The summed E-state index contributed by atoms with van der Waals surface area (Å²) in [5, 5.41) is 10.7. The van der Waals surface area contributed by atoms with E-state index in [9.17, 15) is 14.7 Å². The number of rotatable bonds is 7. The molecule has 6 nitrogen and oxygen atoms in total. The standard InChI is InChI=1S/C26H25NO5/c1-16(2)15-32-20-12-8-18(9-13-20)23-22(24(28)21-5-4-14-31-21)25(29)26(30)27(23)19-10-6-17(3)7-11-19/h4-14,16,23,29H,15H2,1-3H3. The van der Waals surface area contributed by atoms with Gasteiger partial charge >= 0.3 is 0 Å². The Kier molecular flexibility index (Phi) is 5.86. The molecule has 0 spiro atoms. The van der Waals surface area contributed by atoms with Crippen LogP contribution in [0.2, 0.25) is 0 Å². The highest BCUT2D eigenvalue weighted by atomic mass is 16.5. The Labute approximate surface area is 186 Å². The van der Waals surface area contributed by atoms with Gasteiger partial charge < -0.3 is 14.3 Å². The van der Waals surface area contributed by atoms with E-state index in [1.807, 2.05) is 31.2 Å². The van der Waals surface area contributed by atoms with Crippen LogP contribution in [0.1, 0.15) is 41.6 Å². The Morgan fingerprint density at radius 2 is 1.78 bits per heavy atom. The van der Waals surface area contributed by atoms with Crippen LogP contribution in [0.15, 0.2) is 82.7 Å². The molecule has 1 aliphatic heterocycles. The van der Waals surface area contributed by atoms with Gasteiger partial charge in [0, 0.05) is 5.69 Å². The van der Waals surface area contributed by atoms with Crippen molar-refractivity contribution in [3.63, 3.8) is 0 Å². The highest BCUT2D eigenvalue weighted by Gasteiger charge is 2.45. The van der Waals surface area contributed by atoms with Gasteiger partial charge in [-0.15, -0.1) is 0 Å². The number of anilines is 1. The molecule has 1 aliphatic rings. The first-order chi connectivity index (χ1) is 15.4. The number of furan rings is 1. The number of aliphatic hydroxyl groups excluding tert-OH is 1. The first-order valence-electron chi connectivity index (χ1n) is 10.5. The average molecular weight is 431 g/mol. The molecule has 1 aromatic heterocycles. The van der Waals surface area contributed by atoms with Crippen molar-refractivity contribution in [1.29, 1.82) is 0 Å². The van der Waals surface area contributed by atoms with Crippen molar-refractivity contribution in [2.75, 3.05) is 11.5 Å².